The third-order valence-corrected chi connectivity index (χ3v) is 5.27. The van der Waals surface area contributed by atoms with Gasteiger partial charge in [-0.3, -0.25) is 0 Å². The Bertz CT molecular complexity index is 522. The van der Waals surface area contributed by atoms with Gasteiger partial charge in [-0.2, -0.15) is 17.4 Å². The zero-order valence-corrected chi connectivity index (χ0v) is 12.1. The Hall–Kier alpha value is -0.620. The quantitative estimate of drug-likeness (QED) is 0.922. The third kappa shape index (κ3) is 2.54. The van der Waals surface area contributed by atoms with Crippen LogP contribution in [0.5, 0.6) is 0 Å². The van der Waals surface area contributed by atoms with Crippen molar-refractivity contribution in [2.24, 2.45) is 0 Å². The Balaban J connectivity index is 2.29. The summed E-state index contributed by atoms with van der Waals surface area (Å²) in [6.07, 6.45) is 2.67. The van der Waals surface area contributed by atoms with E-state index >= 15 is 0 Å². The molecule has 100 valence electrons. The molecule has 1 saturated carbocycles. The van der Waals surface area contributed by atoms with E-state index in [4.69, 9.17) is 11.6 Å². The van der Waals surface area contributed by atoms with Crippen molar-refractivity contribution in [3.8, 4) is 0 Å². The molecule has 4 nitrogen and oxygen atoms in total. The fourth-order valence-electron chi connectivity index (χ4n) is 2.09. The monoisotopic (exact) mass is 288 g/mol. The average Bonchev–Trinajstić information content (AvgIpc) is 2.25. The van der Waals surface area contributed by atoms with E-state index in [1.165, 1.54) is 18.4 Å². The van der Waals surface area contributed by atoms with Gasteiger partial charge in [0, 0.05) is 19.1 Å². The van der Waals surface area contributed by atoms with Crippen LogP contribution in [0.3, 0.4) is 0 Å². The highest BCUT2D eigenvalue weighted by Crippen LogP contribution is 2.42. The molecule has 1 N–H and O–H groups in total. The van der Waals surface area contributed by atoms with Gasteiger partial charge in [0.25, 0.3) is 10.2 Å². The largest absolute Gasteiger partial charge is 0.279 e. The van der Waals surface area contributed by atoms with Crippen molar-refractivity contribution in [1.29, 1.82) is 0 Å². The summed E-state index contributed by atoms with van der Waals surface area (Å²) in [5, 5.41) is 0.656. The number of nitrogens with one attached hydrogen (secondary N) is 1. The molecule has 2 rings (SSSR count). The molecule has 0 aromatic heterocycles. The first kappa shape index (κ1) is 13.8. The first-order valence-corrected chi connectivity index (χ1v) is 7.65. The molecule has 18 heavy (non-hydrogen) atoms. The molecule has 0 heterocycles. The lowest BCUT2D eigenvalue weighted by atomic mass is 9.73. The Morgan fingerprint density at radius 1 is 1.22 bits per heavy atom. The molecular weight excluding hydrogens is 272 g/mol. The highest BCUT2D eigenvalue weighted by Gasteiger charge is 2.42. The first-order valence-electron chi connectivity index (χ1n) is 5.83. The normalized spacial score (nSPS) is 18.7. The molecule has 0 amide bonds. The van der Waals surface area contributed by atoms with Crippen LogP contribution < -0.4 is 4.72 Å². The zero-order chi connectivity index (χ0) is 13.4. The summed E-state index contributed by atoms with van der Waals surface area (Å²) in [5.74, 6) is 0. The summed E-state index contributed by atoms with van der Waals surface area (Å²) in [4.78, 5) is 0. The second kappa shape index (κ2) is 4.81. The van der Waals surface area contributed by atoms with Crippen molar-refractivity contribution in [1.82, 2.24) is 9.03 Å². The van der Waals surface area contributed by atoms with E-state index < -0.39 is 15.7 Å². The van der Waals surface area contributed by atoms with Crippen LogP contribution in [0.1, 0.15) is 24.8 Å². The minimum atomic E-state index is -3.42. The molecule has 1 aliphatic rings. The van der Waals surface area contributed by atoms with E-state index in [0.717, 1.165) is 24.8 Å². The van der Waals surface area contributed by atoms with E-state index in [0.29, 0.717) is 5.02 Å². The van der Waals surface area contributed by atoms with Crippen LogP contribution >= 0.6 is 11.6 Å². The Morgan fingerprint density at radius 2 is 1.78 bits per heavy atom. The molecule has 1 fully saturated rings. The Labute approximate surface area is 113 Å². The van der Waals surface area contributed by atoms with Gasteiger partial charge < -0.3 is 0 Å². The highest BCUT2D eigenvalue weighted by molar-refractivity contribution is 7.87. The fourth-order valence-corrected chi connectivity index (χ4v) is 3.21. The summed E-state index contributed by atoms with van der Waals surface area (Å²) >= 11 is 5.86. The van der Waals surface area contributed by atoms with E-state index in [2.05, 4.69) is 4.72 Å². The number of hydrogen-bond donors (Lipinski definition) is 1. The molecule has 0 spiro atoms. The molecule has 1 aliphatic carbocycles. The van der Waals surface area contributed by atoms with E-state index in [-0.39, 0.29) is 0 Å². The fraction of sp³-hybridized carbons (Fsp3) is 0.500. The number of nitrogens with zero attached hydrogens (tertiary/aromatic N) is 1. The van der Waals surface area contributed by atoms with Crippen LogP contribution in [-0.2, 0) is 15.7 Å². The smallest absolute Gasteiger partial charge is 0.195 e. The molecule has 6 heteroatoms. The van der Waals surface area contributed by atoms with Crippen molar-refractivity contribution in [3.05, 3.63) is 34.9 Å². The van der Waals surface area contributed by atoms with Crippen LogP contribution in [0.25, 0.3) is 0 Å². The lowest BCUT2D eigenvalue weighted by molar-refractivity contribution is 0.220. The van der Waals surface area contributed by atoms with Crippen molar-refractivity contribution in [2.45, 2.75) is 24.8 Å². The van der Waals surface area contributed by atoms with Crippen molar-refractivity contribution in [2.75, 3.05) is 14.1 Å². The second-order valence-electron chi connectivity index (χ2n) is 4.83. The summed E-state index contributed by atoms with van der Waals surface area (Å²) in [6, 6.07) is 7.36. The van der Waals surface area contributed by atoms with Gasteiger partial charge in [-0.1, -0.05) is 23.7 Å². The van der Waals surface area contributed by atoms with Crippen LogP contribution in [-0.4, -0.2) is 26.8 Å². The lowest BCUT2D eigenvalue weighted by Gasteiger charge is -2.43. The lowest BCUT2D eigenvalue weighted by Crippen LogP contribution is -2.53. The number of rotatable bonds is 4. The molecule has 0 bridgehead atoms. The van der Waals surface area contributed by atoms with Gasteiger partial charge >= 0.3 is 0 Å². The highest BCUT2D eigenvalue weighted by atomic mass is 35.5. The molecule has 0 saturated heterocycles. The minimum Gasteiger partial charge on any atom is -0.195 e. The summed E-state index contributed by atoms with van der Waals surface area (Å²) in [7, 11) is -0.376. The molecule has 0 atom stereocenters. The Kier molecular flexibility index (Phi) is 3.69. The SMILES string of the molecule is CN(C)S(=O)(=O)NC1(c2ccc(Cl)cc2)CCC1. The van der Waals surface area contributed by atoms with Crippen molar-refractivity contribution in [3.63, 3.8) is 0 Å². The molecule has 0 unspecified atom stereocenters. The number of halogens is 1. The molecule has 0 radical (unpaired) electrons. The zero-order valence-electron chi connectivity index (χ0n) is 10.5. The van der Waals surface area contributed by atoms with Gasteiger partial charge in [0.2, 0.25) is 0 Å². The summed E-state index contributed by atoms with van der Waals surface area (Å²) in [6.45, 7) is 0. The van der Waals surface area contributed by atoms with Crippen molar-refractivity contribution < 1.29 is 8.42 Å². The molecule has 1 aromatic carbocycles. The number of benzene rings is 1. The third-order valence-electron chi connectivity index (χ3n) is 3.41. The van der Waals surface area contributed by atoms with E-state index in [1.807, 2.05) is 12.1 Å². The predicted octanol–water partition coefficient (Wildman–Crippen LogP) is 2.12. The van der Waals surface area contributed by atoms with Crippen molar-refractivity contribution >= 4 is 21.8 Å². The standard InChI is InChI=1S/C12H17ClN2O2S/c1-15(2)18(16,17)14-12(8-3-9-12)10-4-6-11(13)7-5-10/h4-7,14H,3,8-9H2,1-2H3. The predicted molar refractivity (Wildman–Crippen MR) is 72.7 cm³/mol. The van der Waals surface area contributed by atoms with Crippen LogP contribution in [0, 0.1) is 0 Å². The van der Waals surface area contributed by atoms with E-state index in [1.54, 1.807) is 12.1 Å². The maximum Gasteiger partial charge on any atom is 0.279 e. The molecule has 1 aromatic rings. The van der Waals surface area contributed by atoms with Gasteiger partial charge in [0.05, 0.1) is 5.54 Å². The van der Waals surface area contributed by atoms with Gasteiger partial charge in [-0.25, -0.2) is 0 Å². The van der Waals surface area contributed by atoms with Crippen LogP contribution in [0.2, 0.25) is 5.02 Å². The number of hydrogen-bond acceptors (Lipinski definition) is 2. The van der Waals surface area contributed by atoms with Gasteiger partial charge in [0.15, 0.2) is 0 Å². The van der Waals surface area contributed by atoms with E-state index in [9.17, 15) is 8.42 Å². The summed E-state index contributed by atoms with van der Waals surface area (Å²) < 4.78 is 27.9. The van der Waals surface area contributed by atoms with Crippen LogP contribution in [0.15, 0.2) is 24.3 Å². The first-order chi connectivity index (χ1) is 8.36. The second-order valence-corrected chi connectivity index (χ2v) is 7.15. The topological polar surface area (TPSA) is 49.4 Å². The van der Waals surface area contributed by atoms with Gasteiger partial charge in [-0.15, -0.1) is 0 Å². The Morgan fingerprint density at radius 3 is 2.17 bits per heavy atom. The maximum atomic E-state index is 12.0. The average molecular weight is 289 g/mol. The molecular formula is C12H17ClN2O2S. The van der Waals surface area contributed by atoms with Crippen LogP contribution in [0.4, 0.5) is 0 Å². The summed E-state index contributed by atoms with van der Waals surface area (Å²) in [5.41, 5.74) is 0.511. The van der Waals surface area contributed by atoms with Gasteiger partial charge in [0.1, 0.15) is 0 Å². The van der Waals surface area contributed by atoms with Gasteiger partial charge in [-0.05, 0) is 37.0 Å². The maximum absolute atomic E-state index is 12.0. The minimum absolute atomic E-state index is 0.465. The molecule has 0 aliphatic heterocycles.